The van der Waals surface area contributed by atoms with E-state index in [2.05, 4.69) is 10.3 Å². The van der Waals surface area contributed by atoms with Crippen LogP contribution in [0.5, 0.6) is 11.5 Å². The van der Waals surface area contributed by atoms with Crippen LogP contribution in [0.3, 0.4) is 0 Å². The highest BCUT2D eigenvalue weighted by molar-refractivity contribution is 8.00. The summed E-state index contributed by atoms with van der Waals surface area (Å²) in [5, 5.41) is 3.04. The fourth-order valence-electron chi connectivity index (χ4n) is 4.39. The van der Waals surface area contributed by atoms with E-state index in [4.69, 9.17) is 9.47 Å². The number of para-hydroxylation sites is 2. The Morgan fingerprint density at radius 1 is 1.11 bits per heavy atom. The van der Waals surface area contributed by atoms with Gasteiger partial charge < -0.3 is 19.7 Å². The van der Waals surface area contributed by atoms with Crippen molar-refractivity contribution in [3.8, 4) is 11.5 Å². The summed E-state index contributed by atoms with van der Waals surface area (Å²) in [4.78, 5) is 33.0. The van der Waals surface area contributed by atoms with Crippen LogP contribution in [-0.4, -0.2) is 46.7 Å². The Morgan fingerprint density at radius 3 is 2.71 bits per heavy atom. The lowest BCUT2D eigenvalue weighted by atomic mass is 9.94. The van der Waals surface area contributed by atoms with Crippen LogP contribution >= 0.6 is 11.8 Å². The molecule has 2 aromatic carbocycles. The summed E-state index contributed by atoms with van der Waals surface area (Å²) in [6.07, 6.45) is 1.89. The molecule has 1 N–H and O–H groups in total. The van der Waals surface area contributed by atoms with Gasteiger partial charge in [0.15, 0.2) is 11.5 Å². The van der Waals surface area contributed by atoms with Gasteiger partial charge in [0, 0.05) is 36.4 Å². The molecule has 1 atom stereocenters. The van der Waals surface area contributed by atoms with Crippen LogP contribution in [0, 0.1) is 6.92 Å². The maximum atomic E-state index is 13.2. The molecule has 2 aliphatic heterocycles. The molecular formula is C27H27N3O4S. The van der Waals surface area contributed by atoms with Crippen LogP contribution in [-0.2, 0) is 29.1 Å². The van der Waals surface area contributed by atoms with Gasteiger partial charge in [0.2, 0.25) is 12.0 Å². The SMILES string of the molecule is Cc1ncc2c(c1CNC(=O)CSc1ccccc1)CCN(C(=O)[C@@H]1COc3ccccc3O1)C2. The summed E-state index contributed by atoms with van der Waals surface area (Å²) in [7, 11) is 0. The molecule has 8 heteroatoms. The number of amides is 2. The van der Waals surface area contributed by atoms with Crippen LogP contribution in [0.1, 0.15) is 22.4 Å². The maximum Gasteiger partial charge on any atom is 0.267 e. The molecular weight excluding hydrogens is 462 g/mol. The number of pyridine rings is 1. The summed E-state index contributed by atoms with van der Waals surface area (Å²) >= 11 is 1.52. The molecule has 0 saturated carbocycles. The first-order valence-electron chi connectivity index (χ1n) is 11.7. The van der Waals surface area contributed by atoms with Gasteiger partial charge in [0.05, 0.1) is 5.75 Å². The molecule has 0 aliphatic carbocycles. The molecule has 1 aromatic heterocycles. The number of hydrogen-bond acceptors (Lipinski definition) is 6. The van der Waals surface area contributed by atoms with Crippen LogP contribution in [0.15, 0.2) is 65.7 Å². The van der Waals surface area contributed by atoms with Gasteiger partial charge in [0.25, 0.3) is 5.91 Å². The third-order valence-corrected chi connectivity index (χ3v) is 7.28. The number of carbonyl (C=O) groups is 2. The second kappa shape index (κ2) is 10.4. The average molecular weight is 490 g/mol. The first-order valence-corrected chi connectivity index (χ1v) is 12.6. The molecule has 0 bridgehead atoms. The molecule has 0 saturated heterocycles. The van der Waals surface area contributed by atoms with Crippen molar-refractivity contribution in [3.63, 3.8) is 0 Å². The fraction of sp³-hybridized carbons (Fsp3) is 0.296. The third kappa shape index (κ3) is 5.27. The Kier molecular flexibility index (Phi) is 6.90. The van der Waals surface area contributed by atoms with Gasteiger partial charge in [-0.15, -0.1) is 11.8 Å². The Hall–Kier alpha value is -3.52. The van der Waals surface area contributed by atoms with Crippen molar-refractivity contribution in [2.24, 2.45) is 0 Å². The lowest BCUT2D eigenvalue weighted by Crippen LogP contribution is -2.48. The van der Waals surface area contributed by atoms with Crippen molar-refractivity contribution in [3.05, 3.63) is 83.2 Å². The van der Waals surface area contributed by atoms with Crippen LogP contribution < -0.4 is 14.8 Å². The standard InChI is InChI=1S/C27H27N3O4S/c1-18-22(14-29-26(31)17-35-20-7-3-2-4-8-20)21-11-12-30(15-19(21)13-28-18)27(32)25-16-33-23-9-5-6-10-24(23)34-25/h2-10,13,25H,11-12,14-17H2,1H3,(H,29,31)/t25-/m0/s1. The number of hydrogen-bond donors (Lipinski definition) is 1. The Morgan fingerprint density at radius 2 is 1.89 bits per heavy atom. The molecule has 180 valence electrons. The van der Waals surface area contributed by atoms with E-state index in [9.17, 15) is 9.59 Å². The minimum atomic E-state index is -0.661. The first-order chi connectivity index (χ1) is 17.1. The zero-order chi connectivity index (χ0) is 24.2. The number of rotatable bonds is 6. The number of nitrogens with one attached hydrogen (secondary N) is 1. The number of carbonyl (C=O) groups excluding carboxylic acids is 2. The van der Waals surface area contributed by atoms with Crippen molar-refractivity contribution < 1.29 is 19.1 Å². The van der Waals surface area contributed by atoms with E-state index < -0.39 is 6.10 Å². The average Bonchev–Trinajstić information content (AvgIpc) is 2.91. The van der Waals surface area contributed by atoms with Gasteiger partial charge >= 0.3 is 0 Å². The summed E-state index contributed by atoms with van der Waals surface area (Å²) in [5.74, 6) is 1.52. The monoisotopic (exact) mass is 489 g/mol. The molecule has 35 heavy (non-hydrogen) atoms. The highest BCUT2D eigenvalue weighted by Gasteiger charge is 2.33. The Labute approximate surface area is 208 Å². The maximum absolute atomic E-state index is 13.2. The van der Waals surface area contributed by atoms with Gasteiger partial charge in [-0.1, -0.05) is 30.3 Å². The quantitative estimate of drug-likeness (QED) is 0.534. The van der Waals surface area contributed by atoms with E-state index >= 15 is 0 Å². The minimum absolute atomic E-state index is 0.0156. The van der Waals surface area contributed by atoms with Crippen molar-refractivity contribution in [2.45, 2.75) is 37.4 Å². The van der Waals surface area contributed by atoms with E-state index in [-0.39, 0.29) is 18.4 Å². The lowest BCUT2D eigenvalue weighted by molar-refractivity contribution is -0.142. The van der Waals surface area contributed by atoms with Crippen molar-refractivity contribution >= 4 is 23.6 Å². The zero-order valence-corrected chi connectivity index (χ0v) is 20.3. The number of nitrogens with zero attached hydrogens (tertiary/aromatic N) is 2. The molecule has 0 unspecified atom stereocenters. The molecule has 0 fully saturated rings. The van der Waals surface area contributed by atoms with Gasteiger partial charge in [0.1, 0.15) is 6.61 Å². The first kappa shape index (κ1) is 23.2. The van der Waals surface area contributed by atoms with E-state index in [0.717, 1.165) is 21.7 Å². The van der Waals surface area contributed by atoms with Crippen LogP contribution in [0.2, 0.25) is 0 Å². The molecule has 3 heterocycles. The van der Waals surface area contributed by atoms with E-state index in [1.807, 2.05) is 67.7 Å². The predicted molar refractivity (Wildman–Crippen MR) is 133 cm³/mol. The Balaban J connectivity index is 1.21. The van der Waals surface area contributed by atoms with E-state index in [1.54, 1.807) is 4.90 Å². The molecule has 0 spiro atoms. The molecule has 0 radical (unpaired) electrons. The zero-order valence-electron chi connectivity index (χ0n) is 19.5. The highest BCUT2D eigenvalue weighted by Crippen LogP contribution is 2.32. The number of ether oxygens (including phenoxy) is 2. The normalized spacial score (nSPS) is 16.4. The molecule has 2 amide bonds. The second-order valence-electron chi connectivity index (χ2n) is 8.58. The third-order valence-electron chi connectivity index (χ3n) is 6.27. The largest absolute Gasteiger partial charge is 0.485 e. The van der Waals surface area contributed by atoms with Gasteiger partial charge in [-0.3, -0.25) is 14.6 Å². The number of aryl methyl sites for hydroxylation is 1. The van der Waals surface area contributed by atoms with Crippen LogP contribution in [0.4, 0.5) is 0 Å². The minimum Gasteiger partial charge on any atom is -0.485 e. The number of fused-ring (bicyclic) bond motifs is 2. The van der Waals surface area contributed by atoms with Crippen molar-refractivity contribution in [1.82, 2.24) is 15.2 Å². The molecule has 5 rings (SSSR count). The number of aromatic nitrogens is 1. The summed E-state index contributed by atoms with van der Waals surface area (Å²) in [6, 6.07) is 17.3. The fourth-order valence-corrected chi connectivity index (χ4v) is 5.14. The van der Waals surface area contributed by atoms with Crippen LogP contribution in [0.25, 0.3) is 0 Å². The van der Waals surface area contributed by atoms with Gasteiger partial charge in [-0.05, 0) is 54.3 Å². The van der Waals surface area contributed by atoms with E-state index in [0.29, 0.717) is 43.3 Å². The highest BCUT2D eigenvalue weighted by atomic mass is 32.2. The van der Waals surface area contributed by atoms with Gasteiger partial charge in [-0.2, -0.15) is 0 Å². The topological polar surface area (TPSA) is 80.8 Å². The van der Waals surface area contributed by atoms with Gasteiger partial charge in [-0.25, -0.2) is 0 Å². The Bertz CT molecular complexity index is 1230. The van der Waals surface area contributed by atoms with Crippen molar-refractivity contribution in [2.75, 3.05) is 18.9 Å². The van der Waals surface area contributed by atoms with Crippen molar-refractivity contribution in [1.29, 1.82) is 0 Å². The lowest BCUT2D eigenvalue weighted by Gasteiger charge is -2.34. The summed E-state index contributed by atoms with van der Waals surface area (Å²) < 4.78 is 11.6. The number of thioether (sulfide) groups is 1. The second-order valence-corrected chi connectivity index (χ2v) is 9.63. The molecule has 2 aliphatic rings. The molecule has 7 nitrogen and oxygen atoms in total. The predicted octanol–water partition coefficient (Wildman–Crippen LogP) is 3.52. The molecule has 3 aromatic rings. The summed E-state index contributed by atoms with van der Waals surface area (Å²) in [5.41, 5.74) is 4.12. The summed E-state index contributed by atoms with van der Waals surface area (Å²) in [6.45, 7) is 3.64. The number of benzene rings is 2. The smallest absolute Gasteiger partial charge is 0.267 e. The van der Waals surface area contributed by atoms with E-state index in [1.165, 1.54) is 17.3 Å².